The summed E-state index contributed by atoms with van der Waals surface area (Å²) in [5, 5.41) is 1.15. The Morgan fingerprint density at radius 3 is 2.95 bits per heavy atom. The number of ether oxygens (including phenoxy) is 1. The van der Waals surface area contributed by atoms with Crippen LogP contribution in [0, 0.1) is 12.3 Å². The molecular weight excluding hydrogens is 236 g/mol. The Morgan fingerprint density at radius 2 is 2.21 bits per heavy atom. The van der Waals surface area contributed by atoms with Gasteiger partial charge < -0.3 is 4.74 Å². The molecule has 1 heterocycles. The van der Waals surface area contributed by atoms with E-state index in [1.54, 1.807) is 13.3 Å². The smallest absolute Gasteiger partial charge is 0.145 e. The van der Waals surface area contributed by atoms with Crippen LogP contribution in [0.5, 0.6) is 5.75 Å². The molecule has 0 saturated heterocycles. The first kappa shape index (κ1) is 13.4. The summed E-state index contributed by atoms with van der Waals surface area (Å²) in [6.45, 7) is 1.60. The van der Waals surface area contributed by atoms with E-state index in [-0.39, 0.29) is 0 Å². The van der Waals surface area contributed by atoms with Crippen LogP contribution < -0.4 is 4.74 Å². The van der Waals surface area contributed by atoms with Crippen molar-refractivity contribution < 1.29 is 4.74 Å². The van der Waals surface area contributed by atoms with Crippen LogP contribution in [-0.4, -0.2) is 37.1 Å². The quantitative estimate of drug-likeness (QED) is 0.766. The van der Waals surface area contributed by atoms with Crippen LogP contribution in [0.25, 0.3) is 10.9 Å². The van der Waals surface area contributed by atoms with Crippen LogP contribution in [0.4, 0.5) is 0 Å². The summed E-state index contributed by atoms with van der Waals surface area (Å²) in [4.78, 5) is 6.54. The molecule has 0 aliphatic heterocycles. The van der Waals surface area contributed by atoms with Gasteiger partial charge in [0.2, 0.25) is 0 Å². The monoisotopic (exact) mass is 254 g/mol. The number of hydrogen-bond acceptors (Lipinski definition) is 3. The number of benzene rings is 1. The molecule has 0 spiro atoms. The number of aromatic nitrogens is 1. The molecule has 0 N–H and O–H groups in total. The minimum atomic E-state index is 0.673. The largest absolute Gasteiger partial charge is 0.494 e. The first-order valence-corrected chi connectivity index (χ1v) is 6.29. The lowest BCUT2D eigenvalue weighted by Crippen LogP contribution is -2.21. The molecule has 0 unspecified atom stereocenters. The minimum Gasteiger partial charge on any atom is -0.494 e. The van der Waals surface area contributed by atoms with Crippen molar-refractivity contribution in [2.75, 3.05) is 27.2 Å². The number of terminal acetylenes is 1. The van der Waals surface area contributed by atoms with Crippen molar-refractivity contribution in [3.8, 4) is 18.1 Å². The van der Waals surface area contributed by atoms with Gasteiger partial charge in [0.1, 0.15) is 11.3 Å². The fraction of sp³-hybridized carbons (Fsp3) is 0.312. The first-order valence-electron chi connectivity index (χ1n) is 6.29. The number of methoxy groups -OCH3 is 1. The topological polar surface area (TPSA) is 25.4 Å². The zero-order valence-electron chi connectivity index (χ0n) is 11.4. The van der Waals surface area contributed by atoms with Crippen molar-refractivity contribution in [3.05, 3.63) is 36.0 Å². The van der Waals surface area contributed by atoms with E-state index >= 15 is 0 Å². The lowest BCUT2D eigenvalue weighted by Gasteiger charge is -2.14. The SMILES string of the molecule is C#CCN(C)CCc1ccc(OC)c2ncccc12. The Morgan fingerprint density at radius 1 is 1.37 bits per heavy atom. The number of nitrogens with zero attached hydrogens (tertiary/aromatic N) is 2. The molecule has 0 fully saturated rings. The van der Waals surface area contributed by atoms with E-state index in [4.69, 9.17) is 11.2 Å². The van der Waals surface area contributed by atoms with E-state index < -0.39 is 0 Å². The summed E-state index contributed by atoms with van der Waals surface area (Å²) in [7, 11) is 3.70. The number of likely N-dealkylation sites (N-methyl/N-ethyl adjacent to an activating group) is 1. The van der Waals surface area contributed by atoms with Crippen molar-refractivity contribution in [2.45, 2.75) is 6.42 Å². The third kappa shape index (κ3) is 3.04. The predicted molar refractivity (Wildman–Crippen MR) is 78.3 cm³/mol. The number of rotatable bonds is 5. The highest BCUT2D eigenvalue weighted by Crippen LogP contribution is 2.26. The molecule has 3 nitrogen and oxygen atoms in total. The van der Waals surface area contributed by atoms with Crippen molar-refractivity contribution >= 4 is 10.9 Å². The molecule has 1 aromatic heterocycles. The fourth-order valence-electron chi connectivity index (χ4n) is 2.13. The van der Waals surface area contributed by atoms with Crippen LogP contribution in [0.1, 0.15) is 5.56 Å². The van der Waals surface area contributed by atoms with Gasteiger partial charge in [-0.05, 0) is 31.2 Å². The van der Waals surface area contributed by atoms with Gasteiger partial charge in [0.05, 0.1) is 13.7 Å². The second kappa shape index (κ2) is 6.21. The van der Waals surface area contributed by atoms with Crippen molar-refractivity contribution in [2.24, 2.45) is 0 Å². The lowest BCUT2D eigenvalue weighted by molar-refractivity contribution is 0.381. The molecule has 0 saturated carbocycles. The van der Waals surface area contributed by atoms with Crippen LogP contribution in [0.15, 0.2) is 30.5 Å². The summed E-state index contributed by atoms with van der Waals surface area (Å²) < 4.78 is 5.35. The molecule has 19 heavy (non-hydrogen) atoms. The third-order valence-corrected chi connectivity index (χ3v) is 3.17. The highest BCUT2D eigenvalue weighted by atomic mass is 16.5. The van der Waals surface area contributed by atoms with Gasteiger partial charge in [0, 0.05) is 18.1 Å². The highest BCUT2D eigenvalue weighted by molar-refractivity contribution is 5.87. The Kier molecular flexibility index (Phi) is 4.38. The number of hydrogen-bond donors (Lipinski definition) is 0. The average molecular weight is 254 g/mol. The molecular formula is C16H18N2O. The zero-order chi connectivity index (χ0) is 13.7. The molecule has 0 atom stereocenters. The molecule has 3 heteroatoms. The zero-order valence-corrected chi connectivity index (χ0v) is 11.4. The van der Waals surface area contributed by atoms with Crippen molar-refractivity contribution in [3.63, 3.8) is 0 Å². The van der Waals surface area contributed by atoms with Crippen molar-refractivity contribution in [1.82, 2.24) is 9.88 Å². The third-order valence-electron chi connectivity index (χ3n) is 3.17. The van der Waals surface area contributed by atoms with Gasteiger partial charge in [-0.15, -0.1) is 6.42 Å². The standard InChI is InChI=1S/C16H18N2O/c1-4-11-18(2)12-9-13-7-8-15(19-3)16-14(13)6-5-10-17-16/h1,5-8,10H,9,11-12H2,2-3H3. The summed E-state index contributed by atoms with van der Waals surface area (Å²) in [5.41, 5.74) is 2.19. The molecule has 0 aliphatic carbocycles. The second-order valence-corrected chi connectivity index (χ2v) is 4.52. The molecule has 0 amide bonds. The Bertz CT molecular complexity index is 601. The van der Waals surface area contributed by atoms with Gasteiger partial charge in [-0.3, -0.25) is 9.88 Å². The average Bonchev–Trinajstić information content (AvgIpc) is 2.45. The van der Waals surface area contributed by atoms with Gasteiger partial charge in [-0.25, -0.2) is 0 Å². The van der Waals surface area contributed by atoms with Gasteiger partial charge in [-0.1, -0.05) is 18.1 Å². The molecule has 0 radical (unpaired) electrons. The van der Waals surface area contributed by atoms with E-state index in [0.29, 0.717) is 6.54 Å². The molecule has 1 aromatic carbocycles. The maximum Gasteiger partial charge on any atom is 0.145 e. The van der Waals surface area contributed by atoms with E-state index in [0.717, 1.165) is 29.6 Å². The van der Waals surface area contributed by atoms with Crippen LogP contribution in [0.2, 0.25) is 0 Å². The van der Waals surface area contributed by atoms with Crippen molar-refractivity contribution in [1.29, 1.82) is 0 Å². The van der Waals surface area contributed by atoms with Gasteiger partial charge in [0.15, 0.2) is 0 Å². The summed E-state index contributed by atoms with van der Waals surface area (Å²) >= 11 is 0. The maximum absolute atomic E-state index is 5.35. The summed E-state index contributed by atoms with van der Waals surface area (Å²) in [6.07, 6.45) is 8.05. The molecule has 2 rings (SSSR count). The highest BCUT2D eigenvalue weighted by Gasteiger charge is 2.07. The van der Waals surface area contributed by atoms with E-state index in [2.05, 4.69) is 27.9 Å². The Balaban J connectivity index is 2.27. The normalized spacial score (nSPS) is 10.6. The lowest BCUT2D eigenvalue weighted by atomic mass is 10.0. The van der Waals surface area contributed by atoms with Crippen LogP contribution in [-0.2, 0) is 6.42 Å². The van der Waals surface area contributed by atoms with Gasteiger partial charge >= 0.3 is 0 Å². The Hall–Kier alpha value is -2.05. The van der Waals surface area contributed by atoms with Gasteiger partial charge in [-0.2, -0.15) is 0 Å². The summed E-state index contributed by atoms with van der Waals surface area (Å²) in [5.74, 6) is 3.47. The molecule has 0 aliphatic rings. The van der Waals surface area contributed by atoms with Crippen LogP contribution in [0.3, 0.4) is 0 Å². The molecule has 0 bridgehead atoms. The minimum absolute atomic E-state index is 0.673. The molecule has 98 valence electrons. The van der Waals surface area contributed by atoms with Crippen LogP contribution >= 0.6 is 0 Å². The number of fused-ring (bicyclic) bond motifs is 1. The Labute approximate surface area is 114 Å². The summed E-state index contributed by atoms with van der Waals surface area (Å²) in [6, 6.07) is 8.12. The predicted octanol–water partition coefficient (Wildman–Crippen LogP) is 2.35. The van der Waals surface area contributed by atoms with E-state index in [9.17, 15) is 0 Å². The van der Waals surface area contributed by atoms with Gasteiger partial charge in [0.25, 0.3) is 0 Å². The fourth-order valence-corrected chi connectivity index (χ4v) is 2.13. The molecule has 2 aromatic rings. The van der Waals surface area contributed by atoms with E-state index in [1.807, 2.05) is 19.2 Å². The first-order chi connectivity index (χ1) is 9.26. The maximum atomic E-state index is 5.35. The second-order valence-electron chi connectivity index (χ2n) is 4.52. The number of pyridine rings is 1. The van der Waals surface area contributed by atoms with E-state index in [1.165, 1.54) is 5.56 Å².